The number of halogens is 1. The molecule has 0 saturated heterocycles. The minimum atomic E-state index is 0. The van der Waals surface area contributed by atoms with Crippen LogP contribution in [-0.2, 0) is 6.54 Å². The van der Waals surface area contributed by atoms with Crippen LogP contribution >= 0.6 is 12.4 Å². The van der Waals surface area contributed by atoms with Crippen molar-refractivity contribution in [2.24, 2.45) is 0 Å². The van der Waals surface area contributed by atoms with Crippen molar-refractivity contribution in [2.45, 2.75) is 6.54 Å². The lowest BCUT2D eigenvalue weighted by molar-refractivity contribution is 0.290. The zero-order valence-electron chi connectivity index (χ0n) is 9.59. The highest BCUT2D eigenvalue weighted by Gasteiger charge is 2.08. The second kappa shape index (κ2) is 5.66. The average molecular weight is 241 g/mol. The predicted molar refractivity (Wildman–Crippen MR) is 67.6 cm³/mol. The maximum atomic E-state index is 5.19. The maximum Gasteiger partial charge on any atom is 0.119 e. The van der Waals surface area contributed by atoms with E-state index in [9.17, 15) is 0 Å². The van der Waals surface area contributed by atoms with Gasteiger partial charge < -0.3 is 14.5 Å². The third-order valence-electron chi connectivity index (χ3n) is 2.46. The Morgan fingerprint density at radius 3 is 2.75 bits per heavy atom. The summed E-state index contributed by atoms with van der Waals surface area (Å²) in [5.74, 6) is 0.920. The van der Waals surface area contributed by atoms with Crippen molar-refractivity contribution < 1.29 is 4.74 Å². The first-order chi connectivity index (χ1) is 7.28. The Labute approximate surface area is 103 Å². The first-order valence-corrected chi connectivity index (χ1v) is 5.03. The number of benzene rings is 1. The molecule has 16 heavy (non-hydrogen) atoms. The molecular weight excluding hydrogens is 224 g/mol. The minimum absolute atomic E-state index is 0. The Hall–Kier alpha value is -1.35. The fourth-order valence-corrected chi connectivity index (χ4v) is 1.70. The zero-order valence-corrected chi connectivity index (χ0v) is 10.4. The van der Waals surface area contributed by atoms with Crippen LogP contribution in [0, 0.1) is 0 Å². The van der Waals surface area contributed by atoms with Gasteiger partial charge in [-0.05, 0) is 17.7 Å². The van der Waals surface area contributed by atoms with Crippen molar-refractivity contribution in [1.29, 1.82) is 0 Å². The van der Waals surface area contributed by atoms with Gasteiger partial charge in [-0.15, -0.1) is 12.4 Å². The maximum absolute atomic E-state index is 5.19. The van der Waals surface area contributed by atoms with E-state index >= 15 is 0 Å². The van der Waals surface area contributed by atoms with Crippen LogP contribution in [-0.4, -0.2) is 30.6 Å². The average Bonchev–Trinajstić information content (AvgIpc) is 2.64. The summed E-state index contributed by atoms with van der Waals surface area (Å²) in [5.41, 5.74) is 1.27. The van der Waals surface area contributed by atoms with Gasteiger partial charge in [0.15, 0.2) is 0 Å². The molecule has 0 aromatic heterocycles. The first kappa shape index (κ1) is 12.7. The fourth-order valence-electron chi connectivity index (χ4n) is 1.70. The summed E-state index contributed by atoms with van der Waals surface area (Å²) in [5, 5.41) is 0. The number of hydrogen-bond donors (Lipinski definition) is 0. The second-order valence-corrected chi connectivity index (χ2v) is 3.79. The molecule has 0 bridgehead atoms. The van der Waals surface area contributed by atoms with Gasteiger partial charge in [0.05, 0.1) is 13.8 Å². The van der Waals surface area contributed by atoms with Gasteiger partial charge in [0, 0.05) is 26.0 Å². The van der Waals surface area contributed by atoms with E-state index in [1.54, 1.807) is 7.11 Å². The normalized spacial score (nSPS) is 13.9. The molecule has 3 nitrogen and oxygen atoms in total. The predicted octanol–water partition coefficient (Wildman–Crippen LogP) is 2.29. The van der Waals surface area contributed by atoms with Gasteiger partial charge in [-0.1, -0.05) is 12.1 Å². The summed E-state index contributed by atoms with van der Waals surface area (Å²) in [4.78, 5) is 4.41. The van der Waals surface area contributed by atoms with Gasteiger partial charge >= 0.3 is 0 Å². The molecule has 88 valence electrons. The van der Waals surface area contributed by atoms with Crippen molar-refractivity contribution in [3.63, 3.8) is 0 Å². The molecule has 1 heterocycles. The summed E-state index contributed by atoms with van der Waals surface area (Å²) in [6, 6.07) is 8.19. The number of nitrogens with zero attached hydrogens (tertiary/aromatic N) is 2. The molecule has 2 rings (SSSR count). The largest absolute Gasteiger partial charge is 0.497 e. The summed E-state index contributed by atoms with van der Waals surface area (Å²) in [6.45, 7) is 1.88. The number of methoxy groups -OCH3 is 1. The van der Waals surface area contributed by atoms with Crippen molar-refractivity contribution >= 4 is 12.4 Å². The summed E-state index contributed by atoms with van der Waals surface area (Å²) in [6.07, 6.45) is 4.19. The summed E-state index contributed by atoms with van der Waals surface area (Å²) >= 11 is 0. The van der Waals surface area contributed by atoms with Crippen LogP contribution < -0.4 is 4.74 Å². The van der Waals surface area contributed by atoms with E-state index in [-0.39, 0.29) is 12.4 Å². The van der Waals surface area contributed by atoms with Crippen LogP contribution in [0.3, 0.4) is 0 Å². The second-order valence-electron chi connectivity index (χ2n) is 3.79. The smallest absolute Gasteiger partial charge is 0.119 e. The molecule has 1 aromatic carbocycles. The molecule has 1 aromatic rings. The Morgan fingerprint density at radius 1 is 1.31 bits per heavy atom. The summed E-state index contributed by atoms with van der Waals surface area (Å²) in [7, 11) is 3.77. The lowest BCUT2D eigenvalue weighted by Crippen LogP contribution is -2.21. The van der Waals surface area contributed by atoms with Gasteiger partial charge in [-0.2, -0.15) is 0 Å². The van der Waals surface area contributed by atoms with Crippen LogP contribution in [0.15, 0.2) is 36.7 Å². The number of ether oxygens (including phenoxy) is 1. The molecule has 0 saturated carbocycles. The third-order valence-corrected chi connectivity index (χ3v) is 2.46. The van der Waals surface area contributed by atoms with Crippen LogP contribution in [0.25, 0.3) is 0 Å². The molecule has 0 aliphatic carbocycles. The van der Waals surface area contributed by atoms with Gasteiger partial charge in [0.2, 0.25) is 0 Å². The highest BCUT2D eigenvalue weighted by atomic mass is 35.5. The SMILES string of the molecule is COc1cccc(CN2C=CN(C)C2)c1.Cl. The molecule has 0 amide bonds. The third kappa shape index (κ3) is 3.07. The quantitative estimate of drug-likeness (QED) is 0.806. The van der Waals surface area contributed by atoms with Gasteiger partial charge in [0.25, 0.3) is 0 Å². The van der Waals surface area contributed by atoms with E-state index in [1.165, 1.54) is 5.56 Å². The first-order valence-electron chi connectivity index (χ1n) is 5.03. The molecule has 0 N–H and O–H groups in total. The molecule has 0 radical (unpaired) electrons. The van der Waals surface area contributed by atoms with E-state index in [0.717, 1.165) is 19.0 Å². The lowest BCUT2D eigenvalue weighted by atomic mass is 10.2. The Kier molecular flexibility index (Phi) is 4.50. The zero-order chi connectivity index (χ0) is 10.7. The van der Waals surface area contributed by atoms with Crippen molar-refractivity contribution in [2.75, 3.05) is 20.8 Å². The minimum Gasteiger partial charge on any atom is -0.497 e. The van der Waals surface area contributed by atoms with E-state index in [4.69, 9.17) is 4.74 Å². The molecule has 0 fully saturated rings. The van der Waals surface area contributed by atoms with Crippen LogP contribution in [0.1, 0.15) is 5.56 Å². The van der Waals surface area contributed by atoms with Crippen molar-refractivity contribution in [3.8, 4) is 5.75 Å². The van der Waals surface area contributed by atoms with E-state index in [0.29, 0.717) is 0 Å². The highest BCUT2D eigenvalue weighted by molar-refractivity contribution is 5.85. The molecule has 1 aliphatic heterocycles. The highest BCUT2D eigenvalue weighted by Crippen LogP contribution is 2.16. The Bertz CT molecular complexity index is 368. The molecule has 1 aliphatic rings. The van der Waals surface area contributed by atoms with Crippen molar-refractivity contribution in [3.05, 3.63) is 42.2 Å². The molecule has 0 spiro atoms. The molecule has 0 atom stereocenters. The Morgan fingerprint density at radius 2 is 2.12 bits per heavy atom. The number of hydrogen-bond acceptors (Lipinski definition) is 3. The topological polar surface area (TPSA) is 15.7 Å². The van der Waals surface area contributed by atoms with Gasteiger partial charge in [-0.3, -0.25) is 0 Å². The standard InChI is InChI=1S/C12H16N2O.ClH/c1-13-6-7-14(10-13)9-11-4-3-5-12(8-11)15-2;/h3-8H,9-10H2,1-2H3;1H. The van der Waals surface area contributed by atoms with E-state index in [1.807, 2.05) is 12.1 Å². The molecule has 4 heteroatoms. The van der Waals surface area contributed by atoms with Crippen LogP contribution in [0.4, 0.5) is 0 Å². The molecular formula is C12H17ClN2O. The monoisotopic (exact) mass is 240 g/mol. The van der Waals surface area contributed by atoms with Gasteiger partial charge in [-0.25, -0.2) is 0 Å². The summed E-state index contributed by atoms with van der Waals surface area (Å²) < 4.78 is 5.19. The van der Waals surface area contributed by atoms with Crippen LogP contribution in [0.5, 0.6) is 5.75 Å². The lowest BCUT2D eigenvalue weighted by Gasteiger charge is -2.18. The Balaban J connectivity index is 0.00000128. The molecule has 0 unspecified atom stereocenters. The van der Waals surface area contributed by atoms with Crippen molar-refractivity contribution in [1.82, 2.24) is 9.80 Å². The van der Waals surface area contributed by atoms with Gasteiger partial charge in [0.1, 0.15) is 5.75 Å². The number of rotatable bonds is 3. The fraction of sp³-hybridized carbons (Fsp3) is 0.333. The van der Waals surface area contributed by atoms with E-state index in [2.05, 4.69) is 41.4 Å². The van der Waals surface area contributed by atoms with Crippen LogP contribution in [0.2, 0.25) is 0 Å². The van der Waals surface area contributed by atoms with E-state index < -0.39 is 0 Å².